The van der Waals surface area contributed by atoms with E-state index in [0.717, 1.165) is 25.2 Å². The number of hydrogen-bond acceptors (Lipinski definition) is 5. The van der Waals surface area contributed by atoms with Gasteiger partial charge in [0.15, 0.2) is 5.82 Å². The third-order valence-corrected chi connectivity index (χ3v) is 4.20. The maximum Gasteiger partial charge on any atom is 0.254 e. The molecule has 0 spiro atoms. The zero-order chi connectivity index (χ0) is 15.7. The quantitative estimate of drug-likeness (QED) is 0.822. The molecule has 0 aliphatic heterocycles. The molecule has 1 aliphatic carbocycles. The first-order valence-corrected chi connectivity index (χ1v) is 7.44. The third kappa shape index (κ3) is 2.61. The Morgan fingerprint density at radius 3 is 2.82 bits per heavy atom. The summed E-state index contributed by atoms with van der Waals surface area (Å²) < 4.78 is 3.56. The molecular weight excluding hydrogens is 284 g/mol. The van der Waals surface area contributed by atoms with Gasteiger partial charge in [-0.1, -0.05) is 0 Å². The fourth-order valence-electron chi connectivity index (χ4n) is 2.74. The van der Waals surface area contributed by atoms with Crippen LogP contribution in [0, 0.1) is 0 Å². The van der Waals surface area contributed by atoms with E-state index in [-0.39, 0.29) is 24.5 Å². The van der Waals surface area contributed by atoms with Gasteiger partial charge in [-0.25, -0.2) is 0 Å². The number of aliphatic hydroxyl groups excluding tert-OH is 1. The van der Waals surface area contributed by atoms with Gasteiger partial charge < -0.3 is 15.0 Å². The molecule has 1 fully saturated rings. The molecule has 8 nitrogen and oxygen atoms in total. The first-order valence-electron chi connectivity index (χ1n) is 7.44. The summed E-state index contributed by atoms with van der Waals surface area (Å²) in [5.74, 6) is 1.63. The highest BCUT2D eigenvalue weighted by atomic mass is 16.3. The average molecular weight is 304 g/mol. The molecule has 0 saturated heterocycles. The van der Waals surface area contributed by atoms with Gasteiger partial charge in [0, 0.05) is 31.7 Å². The summed E-state index contributed by atoms with van der Waals surface area (Å²) in [7, 11) is 1.85. The molecule has 2 aromatic heterocycles. The highest BCUT2D eigenvalue weighted by molar-refractivity contribution is 5.93. The number of hydrogen-bond donors (Lipinski definition) is 2. The monoisotopic (exact) mass is 304 g/mol. The van der Waals surface area contributed by atoms with E-state index in [0.29, 0.717) is 11.4 Å². The number of rotatable bonds is 5. The van der Waals surface area contributed by atoms with Crippen molar-refractivity contribution in [2.24, 2.45) is 7.05 Å². The summed E-state index contributed by atoms with van der Waals surface area (Å²) in [6.07, 6.45) is 5.02. The zero-order valence-electron chi connectivity index (χ0n) is 12.7. The predicted molar refractivity (Wildman–Crippen MR) is 78.1 cm³/mol. The Morgan fingerprint density at radius 1 is 1.45 bits per heavy atom. The number of aliphatic hydroxyl groups is 1. The second-order valence-corrected chi connectivity index (χ2v) is 5.61. The van der Waals surface area contributed by atoms with E-state index < -0.39 is 0 Å². The normalized spacial score (nSPS) is 20.7. The lowest BCUT2D eigenvalue weighted by atomic mass is 9.79. The van der Waals surface area contributed by atoms with Crippen LogP contribution in [0.3, 0.4) is 0 Å². The number of carbonyl (C=O) groups excluding carboxylic acids is 1. The van der Waals surface area contributed by atoms with Crippen LogP contribution in [-0.4, -0.2) is 41.6 Å². The lowest BCUT2D eigenvalue weighted by Gasteiger charge is -2.34. The number of amides is 1. The Balaban J connectivity index is 1.55. The highest BCUT2D eigenvalue weighted by Crippen LogP contribution is 2.35. The summed E-state index contributed by atoms with van der Waals surface area (Å²) in [5.41, 5.74) is 0.589. The summed E-state index contributed by atoms with van der Waals surface area (Å²) >= 11 is 0. The van der Waals surface area contributed by atoms with Crippen LogP contribution in [0.25, 0.3) is 0 Å². The van der Waals surface area contributed by atoms with Crippen LogP contribution in [0.15, 0.2) is 12.4 Å². The number of aryl methyl sites for hydroxylation is 1. The highest BCUT2D eigenvalue weighted by Gasteiger charge is 2.35. The van der Waals surface area contributed by atoms with Gasteiger partial charge in [0.2, 0.25) is 0 Å². The summed E-state index contributed by atoms with van der Waals surface area (Å²) in [6, 6.07) is 0.150. The van der Waals surface area contributed by atoms with Gasteiger partial charge in [-0.05, 0) is 19.8 Å². The van der Waals surface area contributed by atoms with Crippen molar-refractivity contribution in [1.82, 2.24) is 29.9 Å². The lowest BCUT2D eigenvalue weighted by molar-refractivity contribution is 0.0907. The molecule has 1 amide bonds. The SMILES string of the molecule is CCn1cc(C(=O)NC2CC(c3nnc(CO)n3C)C2)cn1. The summed E-state index contributed by atoms with van der Waals surface area (Å²) in [6.45, 7) is 2.61. The molecule has 0 aromatic carbocycles. The minimum Gasteiger partial charge on any atom is -0.388 e. The first kappa shape index (κ1) is 14.7. The maximum atomic E-state index is 12.1. The molecule has 1 aliphatic rings. The van der Waals surface area contributed by atoms with Crippen molar-refractivity contribution < 1.29 is 9.90 Å². The molecular formula is C14H20N6O2. The number of aromatic nitrogens is 5. The summed E-state index contributed by atoms with van der Waals surface area (Å²) in [5, 5.41) is 24.3. The molecule has 22 heavy (non-hydrogen) atoms. The van der Waals surface area contributed by atoms with Crippen molar-refractivity contribution in [3.05, 3.63) is 29.6 Å². The number of nitrogens with zero attached hydrogens (tertiary/aromatic N) is 5. The van der Waals surface area contributed by atoms with Crippen LogP contribution in [0.4, 0.5) is 0 Å². The topological polar surface area (TPSA) is 97.9 Å². The molecule has 8 heteroatoms. The predicted octanol–water partition coefficient (Wildman–Crippen LogP) is 0.200. The zero-order valence-corrected chi connectivity index (χ0v) is 12.7. The Hall–Kier alpha value is -2.22. The van der Waals surface area contributed by atoms with Gasteiger partial charge in [-0.15, -0.1) is 10.2 Å². The minimum absolute atomic E-state index is 0.0860. The van der Waals surface area contributed by atoms with Crippen LogP contribution in [0.5, 0.6) is 0 Å². The van der Waals surface area contributed by atoms with Crippen LogP contribution < -0.4 is 5.32 Å². The van der Waals surface area contributed by atoms with Crippen molar-refractivity contribution in [2.75, 3.05) is 0 Å². The Morgan fingerprint density at radius 2 is 2.23 bits per heavy atom. The van der Waals surface area contributed by atoms with Gasteiger partial charge in [0.1, 0.15) is 12.4 Å². The average Bonchev–Trinajstić information content (AvgIpc) is 3.09. The Kier molecular flexibility index (Phi) is 3.93. The van der Waals surface area contributed by atoms with Crippen molar-refractivity contribution in [3.63, 3.8) is 0 Å². The van der Waals surface area contributed by atoms with E-state index >= 15 is 0 Å². The van der Waals surface area contributed by atoms with E-state index in [1.54, 1.807) is 17.1 Å². The molecule has 118 valence electrons. The van der Waals surface area contributed by atoms with Crippen LogP contribution in [0.1, 0.15) is 47.7 Å². The van der Waals surface area contributed by atoms with E-state index in [1.165, 1.54) is 0 Å². The Bertz CT molecular complexity index is 671. The van der Waals surface area contributed by atoms with Gasteiger partial charge in [-0.2, -0.15) is 5.10 Å². The number of carbonyl (C=O) groups is 1. The molecule has 2 heterocycles. The first-order chi connectivity index (χ1) is 10.6. The van der Waals surface area contributed by atoms with Gasteiger partial charge in [-0.3, -0.25) is 9.48 Å². The van der Waals surface area contributed by atoms with Crippen molar-refractivity contribution in [3.8, 4) is 0 Å². The van der Waals surface area contributed by atoms with Crippen molar-refractivity contribution in [2.45, 2.75) is 44.9 Å². The molecule has 0 unspecified atom stereocenters. The third-order valence-electron chi connectivity index (χ3n) is 4.20. The molecule has 1 saturated carbocycles. The van der Waals surface area contributed by atoms with E-state index in [2.05, 4.69) is 20.6 Å². The molecule has 2 aromatic rings. The Labute approximate surface area is 128 Å². The van der Waals surface area contributed by atoms with E-state index in [4.69, 9.17) is 5.11 Å². The van der Waals surface area contributed by atoms with Crippen LogP contribution >= 0.6 is 0 Å². The van der Waals surface area contributed by atoms with E-state index in [9.17, 15) is 4.79 Å². The van der Waals surface area contributed by atoms with Gasteiger partial charge in [0.05, 0.1) is 11.8 Å². The van der Waals surface area contributed by atoms with Crippen LogP contribution in [0.2, 0.25) is 0 Å². The van der Waals surface area contributed by atoms with Gasteiger partial charge in [0.25, 0.3) is 5.91 Å². The lowest BCUT2D eigenvalue weighted by Crippen LogP contribution is -2.43. The molecule has 3 rings (SSSR count). The van der Waals surface area contributed by atoms with E-state index in [1.807, 2.05) is 18.5 Å². The molecule has 0 atom stereocenters. The molecule has 0 radical (unpaired) electrons. The molecule has 2 N–H and O–H groups in total. The largest absolute Gasteiger partial charge is 0.388 e. The second-order valence-electron chi connectivity index (χ2n) is 5.61. The van der Waals surface area contributed by atoms with Gasteiger partial charge >= 0.3 is 0 Å². The minimum atomic E-state index is -0.113. The van der Waals surface area contributed by atoms with Crippen molar-refractivity contribution >= 4 is 5.91 Å². The smallest absolute Gasteiger partial charge is 0.254 e. The van der Waals surface area contributed by atoms with Crippen LogP contribution in [-0.2, 0) is 20.2 Å². The summed E-state index contributed by atoms with van der Waals surface area (Å²) in [4.78, 5) is 12.1. The molecule has 0 bridgehead atoms. The standard InChI is InChI=1S/C14H20N6O2/c1-3-20-7-10(6-15-20)14(22)16-11-4-9(5-11)13-18-17-12(8-21)19(13)2/h6-7,9,11,21H,3-5,8H2,1-2H3,(H,16,22). The maximum absolute atomic E-state index is 12.1. The fraction of sp³-hybridized carbons (Fsp3) is 0.571. The van der Waals surface area contributed by atoms with Crippen molar-refractivity contribution in [1.29, 1.82) is 0 Å². The second kappa shape index (κ2) is 5.88. The fourth-order valence-corrected chi connectivity index (χ4v) is 2.74. The number of nitrogens with one attached hydrogen (secondary N) is 1.